The Bertz CT molecular complexity index is 1240. The molecule has 2 aliphatic carbocycles. The molecule has 280 valence electrons. The van der Waals surface area contributed by atoms with E-state index in [2.05, 4.69) is 59.5 Å². The van der Waals surface area contributed by atoms with E-state index in [0.29, 0.717) is 24.6 Å². The topological polar surface area (TPSA) is 77.6 Å². The fourth-order valence-electron chi connectivity index (χ4n) is 5.37. The number of hydrogen-bond acceptors (Lipinski definition) is 6. The number of aldehydes is 1. The average Bonchev–Trinajstić information content (AvgIpc) is 3.96. The van der Waals surface area contributed by atoms with Crippen molar-refractivity contribution < 1.29 is 14.0 Å². The Morgan fingerprint density at radius 2 is 1.62 bits per heavy atom. The molecule has 0 spiro atoms. The number of aryl methyl sites for hydroxylation is 2. The zero-order chi connectivity index (χ0) is 37.4. The molecule has 2 heterocycles. The van der Waals surface area contributed by atoms with E-state index < -0.39 is 0 Å². The zero-order valence-electron chi connectivity index (χ0n) is 32.5. The Balaban J connectivity index is 0.000000342. The van der Waals surface area contributed by atoms with Gasteiger partial charge in [0.2, 0.25) is 5.91 Å². The van der Waals surface area contributed by atoms with Crippen LogP contribution >= 0.6 is 0 Å². The van der Waals surface area contributed by atoms with Gasteiger partial charge in [0.15, 0.2) is 0 Å². The number of rotatable bonds is 10. The van der Waals surface area contributed by atoms with Crippen LogP contribution in [0.25, 0.3) is 0 Å². The molecule has 0 radical (unpaired) electrons. The number of nitrogens with one attached hydrogen (secondary N) is 2. The van der Waals surface area contributed by atoms with Gasteiger partial charge < -0.3 is 25.2 Å². The molecular weight excluding hydrogens is 625 g/mol. The van der Waals surface area contributed by atoms with E-state index in [1.807, 2.05) is 57.6 Å². The van der Waals surface area contributed by atoms with E-state index in [1.54, 1.807) is 13.0 Å². The van der Waals surface area contributed by atoms with Crippen molar-refractivity contribution in [1.82, 2.24) is 25.4 Å². The predicted molar refractivity (Wildman–Crippen MR) is 209 cm³/mol. The Hall–Kier alpha value is -3.36. The van der Waals surface area contributed by atoms with Crippen LogP contribution in [-0.4, -0.2) is 79.8 Å². The Morgan fingerprint density at radius 3 is 2.02 bits per heavy atom. The van der Waals surface area contributed by atoms with Crippen LogP contribution in [0.3, 0.4) is 0 Å². The summed E-state index contributed by atoms with van der Waals surface area (Å²) in [6.07, 6.45) is 17.9. The number of carbonyl (C=O) groups is 2. The first kappa shape index (κ1) is 44.7. The molecule has 3 aliphatic rings. The highest BCUT2D eigenvalue weighted by molar-refractivity contribution is 5.91. The van der Waals surface area contributed by atoms with Crippen molar-refractivity contribution in [1.29, 1.82) is 0 Å². The molecule has 3 fully saturated rings. The summed E-state index contributed by atoms with van der Waals surface area (Å²) >= 11 is 0. The minimum absolute atomic E-state index is 0.108. The molecule has 1 aromatic carbocycles. The molecule has 0 bridgehead atoms. The molecule has 1 amide bonds. The summed E-state index contributed by atoms with van der Waals surface area (Å²) in [6, 6.07) is 9.87. The second-order valence-corrected chi connectivity index (χ2v) is 13.8. The summed E-state index contributed by atoms with van der Waals surface area (Å²) in [7, 11) is 4.07. The molecular formula is C42H68FN5O2. The number of nitrogens with zero attached hydrogens (tertiary/aromatic N) is 3. The van der Waals surface area contributed by atoms with Gasteiger partial charge in [-0.3, -0.25) is 9.78 Å². The van der Waals surface area contributed by atoms with Crippen LogP contribution in [0.5, 0.6) is 0 Å². The summed E-state index contributed by atoms with van der Waals surface area (Å²) < 4.78 is 13.1. The van der Waals surface area contributed by atoms with E-state index in [0.717, 1.165) is 67.5 Å². The summed E-state index contributed by atoms with van der Waals surface area (Å²) in [5.74, 6) is -0.00245. The fraction of sp³-hybridized carbons (Fsp3) is 0.595. The van der Waals surface area contributed by atoms with E-state index in [9.17, 15) is 14.0 Å². The molecule has 2 saturated carbocycles. The van der Waals surface area contributed by atoms with Gasteiger partial charge in [0.1, 0.15) is 12.1 Å². The van der Waals surface area contributed by atoms with Crippen LogP contribution in [-0.2, 0) is 27.8 Å². The zero-order valence-corrected chi connectivity index (χ0v) is 32.5. The molecule has 1 aliphatic heterocycles. The summed E-state index contributed by atoms with van der Waals surface area (Å²) in [6.45, 7) is 22.4. The normalized spacial score (nSPS) is 16.5. The van der Waals surface area contributed by atoms with Gasteiger partial charge in [-0.15, -0.1) is 0 Å². The van der Waals surface area contributed by atoms with Crippen LogP contribution in [0.2, 0.25) is 0 Å². The van der Waals surface area contributed by atoms with E-state index in [1.165, 1.54) is 51.6 Å². The largest absolute Gasteiger partial charge is 0.375 e. The molecule has 7 nitrogen and oxygen atoms in total. The predicted octanol–water partition coefficient (Wildman–Crippen LogP) is 7.97. The monoisotopic (exact) mass is 694 g/mol. The fourth-order valence-corrected chi connectivity index (χ4v) is 5.37. The summed E-state index contributed by atoms with van der Waals surface area (Å²) in [5.41, 5.74) is 4.51. The SMILES string of the molecule is C1CCCCC1.C=C(C)CNC(=O)C1(c2ccc(CC)nc2)CC1.C=CN1CCN(C)CC1.CCC=O.CNC(C)Cc1ccc(C)c(F)c1. The average molecular weight is 694 g/mol. The van der Waals surface area contributed by atoms with Crippen LogP contribution < -0.4 is 10.6 Å². The van der Waals surface area contributed by atoms with Crippen molar-refractivity contribution in [2.45, 2.75) is 117 Å². The first-order chi connectivity index (χ1) is 24.0. The van der Waals surface area contributed by atoms with Crippen molar-refractivity contribution in [3.05, 3.63) is 89.7 Å². The number of benzene rings is 1. The van der Waals surface area contributed by atoms with Crippen molar-refractivity contribution in [2.24, 2.45) is 0 Å². The number of piperazine rings is 1. The van der Waals surface area contributed by atoms with Gasteiger partial charge in [-0.1, -0.05) is 89.3 Å². The summed E-state index contributed by atoms with van der Waals surface area (Å²) in [5, 5.41) is 6.07. The number of carbonyl (C=O) groups excluding carboxylic acids is 2. The Morgan fingerprint density at radius 1 is 1.04 bits per heavy atom. The second kappa shape index (κ2) is 25.6. The van der Waals surface area contributed by atoms with E-state index in [4.69, 9.17) is 0 Å². The number of pyridine rings is 1. The number of hydrogen-bond donors (Lipinski definition) is 2. The maximum absolute atomic E-state index is 13.1. The lowest BCUT2D eigenvalue weighted by Crippen LogP contribution is -2.41. The second-order valence-electron chi connectivity index (χ2n) is 13.8. The Labute approximate surface area is 304 Å². The lowest BCUT2D eigenvalue weighted by molar-refractivity contribution is -0.123. The van der Waals surface area contributed by atoms with E-state index >= 15 is 0 Å². The maximum atomic E-state index is 13.1. The van der Waals surface area contributed by atoms with Gasteiger partial charge in [-0.05, 0) is 95.6 Å². The van der Waals surface area contributed by atoms with Gasteiger partial charge in [0.05, 0.1) is 5.41 Å². The van der Waals surface area contributed by atoms with Gasteiger partial charge in [-0.2, -0.15) is 0 Å². The van der Waals surface area contributed by atoms with E-state index in [-0.39, 0.29) is 17.1 Å². The van der Waals surface area contributed by atoms with Gasteiger partial charge in [-0.25, -0.2) is 4.39 Å². The smallest absolute Gasteiger partial charge is 0.230 e. The molecule has 8 heteroatoms. The van der Waals surface area contributed by atoms with Gasteiger partial charge >= 0.3 is 0 Å². The molecule has 1 saturated heterocycles. The van der Waals surface area contributed by atoms with Crippen molar-refractivity contribution >= 4 is 12.2 Å². The van der Waals surface area contributed by atoms with Crippen LogP contribution in [0.15, 0.2) is 61.5 Å². The molecule has 2 N–H and O–H groups in total. The van der Waals surface area contributed by atoms with Gasteiger partial charge in [0, 0.05) is 57.1 Å². The van der Waals surface area contributed by atoms with Crippen LogP contribution in [0, 0.1) is 12.7 Å². The highest BCUT2D eigenvalue weighted by Gasteiger charge is 2.51. The van der Waals surface area contributed by atoms with Crippen molar-refractivity contribution in [3.8, 4) is 0 Å². The molecule has 1 aromatic heterocycles. The number of halogens is 1. The van der Waals surface area contributed by atoms with Crippen molar-refractivity contribution in [2.75, 3.05) is 46.8 Å². The molecule has 2 aromatic rings. The lowest BCUT2D eigenvalue weighted by Gasteiger charge is -2.31. The van der Waals surface area contributed by atoms with Crippen molar-refractivity contribution in [3.63, 3.8) is 0 Å². The quantitative estimate of drug-likeness (QED) is 0.194. The first-order valence-electron chi connectivity index (χ1n) is 18.7. The standard InChI is InChI=1S/C15H20N2O.C11H16FN.C7H14N2.C6H12.C3H6O/c1-4-13-6-5-12(10-16-13)15(7-8-15)14(18)17-9-11(2)3;1-8-4-5-10(7-11(8)12)6-9(2)13-3;1-3-9-6-4-8(2)5-7-9;1-2-4-6-5-3-1;1-2-3-4/h5-6,10H,2,4,7-9H2,1,3H3,(H,17,18);4-5,7,9,13H,6H2,1-3H3;3H,1,4-7H2,2H3;1-6H2;3H,2H2,1H3. The lowest BCUT2D eigenvalue weighted by atomic mass is 9.96. The number of amides is 1. The molecule has 5 rings (SSSR count). The molecule has 1 atom stereocenters. The third kappa shape index (κ3) is 18.0. The summed E-state index contributed by atoms with van der Waals surface area (Å²) in [4.78, 5) is 30.3. The maximum Gasteiger partial charge on any atom is 0.230 e. The third-order valence-electron chi connectivity index (χ3n) is 9.21. The third-order valence-corrected chi connectivity index (χ3v) is 9.21. The molecule has 50 heavy (non-hydrogen) atoms. The first-order valence-corrected chi connectivity index (χ1v) is 18.7. The molecule has 1 unspecified atom stereocenters. The highest BCUT2D eigenvalue weighted by atomic mass is 19.1. The Kier molecular flexibility index (Phi) is 22.8. The number of likely N-dealkylation sites (N-methyl/N-ethyl adjacent to an activating group) is 2. The van der Waals surface area contributed by atoms with Crippen LogP contribution in [0.4, 0.5) is 4.39 Å². The van der Waals surface area contributed by atoms with Gasteiger partial charge in [0.25, 0.3) is 0 Å². The minimum atomic E-state index is -0.325. The minimum Gasteiger partial charge on any atom is -0.375 e. The highest BCUT2D eigenvalue weighted by Crippen LogP contribution is 2.48. The van der Waals surface area contributed by atoms with Crippen LogP contribution in [0.1, 0.15) is 108 Å². The number of aromatic nitrogens is 1.